The van der Waals surface area contributed by atoms with Gasteiger partial charge in [-0.1, -0.05) is 18.2 Å². The quantitative estimate of drug-likeness (QED) is 0.651. The molecule has 2 rings (SSSR count). The molecule has 0 atom stereocenters. The van der Waals surface area contributed by atoms with E-state index in [1.165, 1.54) is 0 Å². The molecule has 0 bridgehead atoms. The third-order valence-corrected chi connectivity index (χ3v) is 2.06. The summed E-state index contributed by atoms with van der Waals surface area (Å²) in [6.07, 6.45) is 7.11. The van der Waals surface area contributed by atoms with E-state index in [0.717, 1.165) is 10.4 Å². The molecule has 0 amide bonds. The lowest BCUT2D eigenvalue weighted by atomic mass is 10.1. The van der Waals surface area contributed by atoms with E-state index < -0.39 is 5.97 Å². The number of carbonyl (C=O) groups is 1. The van der Waals surface area contributed by atoms with Crippen LogP contribution in [0.15, 0.2) is 30.5 Å². The van der Waals surface area contributed by atoms with Crippen LogP contribution in [0, 0.1) is 0 Å². The number of rotatable bonds is 1. The molecule has 0 saturated heterocycles. The van der Waals surface area contributed by atoms with Gasteiger partial charge in [0.2, 0.25) is 0 Å². The van der Waals surface area contributed by atoms with Crippen LogP contribution in [0.4, 0.5) is 0 Å². The molecule has 1 heterocycles. The van der Waals surface area contributed by atoms with Crippen LogP contribution in [-0.2, 0) is 0 Å². The van der Waals surface area contributed by atoms with E-state index in [0.29, 0.717) is 5.56 Å². The van der Waals surface area contributed by atoms with Crippen molar-refractivity contribution in [3.8, 4) is 0 Å². The van der Waals surface area contributed by atoms with Gasteiger partial charge in [-0.25, -0.2) is 4.79 Å². The van der Waals surface area contributed by atoms with E-state index in [-0.39, 0.29) is 0 Å². The Morgan fingerprint density at radius 2 is 2.21 bits per heavy atom. The van der Waals surface area contributed by atoms with Crippen molar-refractivity contribution in [3.63, 3.8) is 0 Å². The topological polar surface area (TPSA) is 49.3 Å². The summed E-state index contributed by atoms with van der Waals surface area (Å²) >= 11 is 0. The lowest BCUT2D eigenvalue weighted by Gasteiger charge is -1.95. The van der Waals surface area contributed by atoms with Crippen molar-refractivity contribution in [2.75, 3.05) is 0 Å². The molecule has 2 N–H and O–H groups in total. The second-order valence-corrected chi connectivity index (χ2v) is 2.95. The van der Waals surface area contributed by atoms with Crippen molar-refractivity contribution in [1.29, 1.82) is 0 Å². The van der Waals surface area contributed by atoms with Crippen LogP contribution >= 0.6 is 0 Å². The molecule has 0 saturated carbocycles. The summed E-state index contributed by atoms with van der Waals surface area (Å²) in [7, 11) is 0. The van der Waals surface area contributed by atoms with Gasteiger partial charge in [0.1, 0.15) is 0 Å². The highest BCUT2D eigenvalue weighted by Crippen LogP contribution is 1.89. The normalized spacial score (nSPS) is 12.9. The monoisotopic (exact) mass is 187 g/mol. The third kappa shape index (κ3) is 1.40. The Balaban J connectivity index is 2.84. The Bertz CT molecular complexity index is 515. The largest absolute Gasteiger partial charge is 0.478 e. The fourth-order valence-corrected chi connectivity index (χ4v) is 1.42. The summed E-state index contributed by atoms with van der Waals surface area (Å²) < 4.78 is 0. The average molecular weight is 187 g/mol. The number of nitrogens with one attached hydrogen (secondary N) is 1. The van der Waals surface area contributed by atoms with Crippen molar-refractivity contribution in [2.24, 2.45) is 0 Å². The molecule has 1 aliphatic rings. The first-order valence-electron chi connectivity index (χ1n) is 4.24. The van der Waals surface area contributed by atoms with Crippen molar-refractivity contribution < 1.29 is 9.90 Å². The molecule has 14 heavy (non-hydrogen) atoms. The Morgan fingerprint density at radius 1 is 1.36 bits per heavy atom. The predicted octanol–water partition coefficient (Wildman–Crippen LogP) is 0.0202. The van der Waals surface area contributed by atoms with Crippen LogP contribution in [0.2, 0.25) is 0 Å². The van der Waals surface area contributed by atoms with Gasteiger partial charge in [-0.05, 0) is 22.6 Å². The highest BCUT2D eigenvalue weighted by atomic mass is 16.4. The summed E-state index contributed by atoms with van der Waals surface area (Å²) in [5, 5.41) is 13.5. The van der Waals surface area contributed by atoms with Crippen molar-refractivity contribution in [2.45, 2.75) is 0 Å². The maximum absolute atomic E-state index is 10.9. The minimum atomic E-state index is -0.901. The van der Waals surface area contributed by atoms with Crippen LogP contribution in [0.5, 0.6) is 0 Å². The van der Waals surface area contributed by atoms with Gasteiger partial charge in [0, 0.05) is 12.4 Å². The molecule has 1 aromatic rings. The Kier molecular flexibility index (Phi) is 2.07. The van der Waals surface area contributed by atoms with E-state index in [2.05, 4.69) is 5.32 Å². The van der Waals surface area contributed by atoms with E-state index in [1.54, 1.807) is 36.7 Å². The van der Waals surface area contributed by atoms with Crippen LogP contribution < -0.4 is 15.8 Å². The van der Waals surface area contributed by atoms with E-state index in [1.807, 2.05) is 6.07 Å². The van der Waals surface area contributed by atoms with Gasteiger partial charge in [-0.2, -0.15) is 0 Å². The zero-order valence-electron chi connectivity index (χ0n) is 7.40. The van der Waals surface area contributed by atoms with Gasteiger partial charge in [-0.3, -0.25) is 0 Å². The van der Waals surface area contributed by atoms with Gasteiger partial charge in [0.25, 0.3) is 0 Å². The molecule has 3 heteroatoms. The number of aromatic carboxylic acids is 1. The molecule has 0 aromatic heterocycles. The van der Waals surface area contributed by atoms with Crippen LogP contribution in [0.25, 0.3) is 12.3 Å². The number of hydrogen-bond acceptors (Lipinski definition) is 2. The zero-order valence-corrected chi connectivity index (χ0v) is 7.40. The van der Waals surface area contributed by atoms with Crippen LogP contribution in [0.3, 0.4) is 0 Å². The number of hydrogen-bond donors (Lipinski definition) is 2. The molecule has 1 aromatic carbocycles. The molecule has 0 spiro atoms. The molecule has 0 radical (unpaired) electrons. The fraction of sp³-hybridized carbons (Fsp3) is 0. The summed E-state index contributed by atoms with van der Waals surface area (Å²) in [6, 6.07) is 5.21. The first kappa shape index (κ1) is 8.56. The summed E-state index contributed by atoms with van der Waals surface area (Å²) in [5.74, 6) is -0.901. The number of carboxylic acids is 1. The van der Waals surface area contributed by atoms with Gasteiger partial charge in [0.15, 0.2) is 0 Å². The van der Waals surface area contributed by atoms with E-state index in [9.17, 15) is 4.79 Å². The standard InChI is InChI=1S/C11H9NO2/c13-11(14)10-4-1-3-8-7-12-6-2-5-9(8)10/h1-7,12H,(H,13,14). The van der Waals surface area contributed by atoms with Gasteiger partial charge < -0.3 is 10.4 Å². The molecule has 0 aliphatic carbocycles. The van der Waals surface area contributed by atoms with Crippen molar-refractivity contribution >= 4 is 18.2 Å². The smallest absolute Gasteiger partial charge is 0.336 e. The molecular formula is C11H9NO2. The molecular weight excluding hydrogens is 178 g/mol. The first-order valence-corrected chi connectivity index (χ1v) is 4.24. The molecule has 0 unspecified atom stereocenters. The maximum atomic E-state index is 10.9. The van der Waals surface area contributed by atoms with Crippen molar-refractivity contribution in [3.05, 3.63) is 46.5 Å². The maximum Gasteiger partial charge on any atom is 0.336 e. The minimum Gasteiger partial charge on any atom is -0.478 e. The highest BCUT2D eigenvalue weighted by molar-refractivity contribution is 5.88. The predicted molar refractivity (Wildman–Crippen MR) is 53.9 cm³/mol. The Labute approximate surface area is 80.7 Å². The summed E-state index contributed by atoms with van der Waals surface area (Å²) in [4.78, 5) is 10.9. The second-order valence-electron chi connectivity index (χ2n) is 2.95. The molecule has 3 nitrogen and oxygen atoms in total. The lowest BCUT2D eigenvalue weighted by molar-refractivity contribution is 0.0695. The molecule has 0 fully saturated rings. The van der Waals surface area contributed by atoms with Crippen molar-refractivity contribution in [1.82, 2.24) is 5.32 Å². The van der Waals surface area contributed by atoms with E-state index >= 15 is 0 Å². The second kappa shape index (κ2) is 3.38. The number of fused-ring (bicyclic) bond motifs is 1. The number of allylic oxidation sites excluding steroid dienone is 1. The molecule has 70 valence electrons. The van der Waals surface area contributed by atoms with Gasteiger partial charge in [-0.15, -0.1) is 0 Å². The summed E-state index contributed by atoms with van der Waals surface area (Å²) in [6.45, 7) is 0. The summed E-state index contributed by atoms with van der Waals surface area (Å²) in [5.41, 5.74) is 0.326. The molecule has 1 aliphatic heterocycles. The average Bonchev–Trinajstić information content (AvgIpc) is 2.41. The van der Waals surface area contributed by atoms with Crippen LogP contribution in [-0.4, -0.2) is 11.1 Å². The first-order chi connectivity index (χ1) is 6.79. The Morgan fingerprint density at radius 3 is 3.00 bits per heavy atom. The lowest BCUT2D eigenvalue weighted by Crippen LogP contribution is -2.31. The SMILES string of the molecule is O=C(O)c1cccc2c1=CC=CNC=2. The van der Waals surface area contributed by atoms with Gasteiger partial charge in [0.05, 0.1) is 5.56 Å². The minimum absolute atomic E-state index is 0.326. The van der Waals surface area contributed by atoms with E-state index in [4.69, 9.17) is 5.11 Å². The number of carboxylic acid groups (broad SMARTS) is 1. The van der Waals surface area contributed by atoms with Gasteiger partial charge >= 0.3 is 5.97 Å². The number of benzene rings is 1. The van der Waals surface area contributed by atoms with Crippen LogP contribution in [0.1, 0.15) is 10.4 Å². The highest BCUT2D eigenvalue weighted by Gasteiger charge is 2.04. The fourth-order valence-electron chi connectivity index (χ4n) is 1.42. The third-order valence-electron chi connectivity index (χ3n) is 2.06. The Hall–Kier alpha value is -2.03. The zero-order chi connectivity index (χ0) is 9.97.